The number of nitrogens with two attached hydrogens (primary N) is 1. The van der Waals surface area contributed by atoms with E-state index < -0.39 is 6.04 Å². The number of nitrogens with zero attached hydrogens (tertiary/aromatic N) is 1. The number of hydrazine groups is 1. The van der Waals surface area contributed by atoms with E-state index in [0.29, 0.717) is 43.7 Å². The van der Waals surface area contributed by atoms with Crippen LogP contribution in [0.25, 0.3) is 0 Å². The van der Waals surface area contributed by atoms with Gasteiger partial charge in [-0.2, -0.15) is 0 Å². The first kappa shape index (κ1) is 20.0. The van der Waals surface area contributed by atoms with Crippen molar-refractivity contribution in [3.63, 3.8) is 0 Å². The van der Waals surface area contributed by atoms with Crippen molar-refractivity contribution in [2.45, 2.75) is 32.9 Å². The molecule has 1 fully saturated rings. The van der Waals surface area contributed by atoms with E-state index in [1.54, 1.807) is 7.11 Å². The average molecular weight is 364 g/mol. The Morgan fingerprint density at radius 1 is 1.46 bits per heavy atom. The molecule has 4 N–H and O–H groups in total. The molecule has 26 heavy (non-hydrogen) atoms. The van der Waals surface area contributed by atoms with Crippen LogP contribution in [0.4, 0.5) is 0 Å². The van der Waals surface area contributed by atoms with Crippen LogP contribution >= 0.6 is 0 Å². The van der Waals surface area contributed by atoms with Gasteiger partial charge in [-0.1, -0.05) is 26.0 Å². The van der Waals surface area contributed by atoms with Crippen LogP contribution in [0.3, 0.4) is 0 Å². The topological polar surface area (TPSA) is 106 Å². The number of benzene rings is 1. The summed E-state index contributed by atoms with van der Waals surface area (Å²) in [6.45, 7) is 6.35. The Morgan fingerprint density at radius 3 is 2.88 bits per heavy atom. The summed E-state index contributed by atoms with van der Waals surface area (Å²) in [6.07, 6.45) is 0.00842. The predicted molar refractivity (Wildman–Crippen MR) is 97.5 cm³/mol. The van der Waals surface area contributed by atoms with Crippen LogP contribution in [0.15, 0.2) is 18.2 Å². The third-order valence-electron chi connectivity index (χ3n) is 4.20. The minimum Gasteiger partial charge on any atom is -0.493 e. The molecule has 2 rings (SSSR count). The lowest BCUT2D eigenvalue weighted by molar-refractivity contribution is -0.134. The van der Waals surface area contributed by atoms with Gasteiger partial charge in [0.1, 0.15) is 0 Å². The van der Waals surface area contributed by atoms with Crippen LogP contribution in [-0.2, 0) is 16.1 Å². The molecule has 1 unspecified atom stereocenters. The number of carbonyl (C=O) groups is 2. The van der Waals surface area contributed by atoms with Crippen LogP contribution in [0.1, 0.15) is 25.8 Å². The van der Waals surface area contributed by atoms with E-state index in [4.69, 9.17) is 15.3 Å². The van der Waals surface area contributed by atoms with Crippen molar-refractivity contribution in [2.24, 2.45) is 11.8 Å². The second kappa shape index (κ2) is 9.40. The number of hydrogen-bond donors (Lipinski definition) is 3. The molecule has 0 aliphatic carbocycles. The zero-order valence-corrected chi connectivity index (χ0v) is 15.6. The first-order chi connectivity index (χ1) is 12.5. The lowest BCUT2D eigenvalue weighted by atomic mass is 10.1. The SMILES string of the molecule is COc1cccc(CN2CCNC(=O)C2CC(=O)NN)c1OCC(C)C. The van der Waals surface area contributed by atoms with Gasteiger partial charge >= 0.3 is 0 Å². The molecule has 0 aromatic heterocycles. The van der Waals surface area contributed by atoms with Gasteiger partial charge in [0.2, 0.25) is 11.8 Å². The average Bonchev–Trinajstić information content (AvgIpc) is 2.62. The molecule has 8 nitrogen and oxygen atoms in total. The van der Waals surface area contributed by atoms with Gasteiger partial charge in [0.25, 0.3) is 0 Å². The zero-order chi connectivity index (χ0) is 19.1. The second-order valence-electron chi connectivity index (χ2n) is 6.70. The predicted octanol–water partition coefficient (Wildman–Crippen LogP) is 0.410. The number of methoxy groups -OCH3 is 1. The third kappa shape index (κ3) is 5.09. The van der Waals surface area contributed by atoms with E-state index in [2.05, 4.69) is 24.6 Å². The molecule has 1 saturated heterocycles. The molecule has 1 aromatic rings. The van der Waals surface area contributed by atoms with E-state index in [9.17, 15) is 9.59 Å². The summed E-state index contributed by atoms with van der Waals surface area (Å²) < 4.78 is 11.4. The van der Waals surface area contributed by atoms with Crippen LogP contribution in [0.2, 0.25) is 0 Å². The van der Waals surface area contributed by atoms with Gasteiger partial charge < -0.3 is 14.8 Å². The summed E-state index contributed by atoms with van der Waals surface area (Å²) in [4.78, 5) is 25.9. The number of ether oxygens (including phenoxy) is 2. The van der Waals surface area contributed by atoms with Gasteiger partial charge in [-0.15, -0.1) is 0 Å². The fourth-order valence-corrected chi connectivity index (χ4v) is 2.89. The Morgan fingerprint density at radius 2 is 2.23 bits per heavy atom. The van der Waals surface area contributed by atoms with Gasteiger partial charge in [0, 0.05) is 25.2 Å². The highest BCUT2D eigenvalue weighted by Crippen LogP contribution is 2.33. The van der Waals surface area contributed by atoms with Crippen molar-refractivity contribution < 1.29 is 19.1 Å². The first-order valence-electron chi connectivity index (χ1n) is 8.76. The second-order valence-corrected chi connectivity index (χ2v) is 6.70. The minimum atomic E-state index is -0.573. The molecule has 1 aliphatic rings. The molecule has 2 amide bonds. The maximum Gasteiger partial charge on any atom is 0.237 e. The maximum atomic E-state index is 12.2. The molecule has 1 aliphatic heterocycles. The third-order valence-corrected chi connectivity index (χ3v) is 4.20. The molecule has 8 heteroatoms. The van der Waals surface area contributed by atoms with Crippen molar-refractivity contribution in [1.29, 1.82) is 0 Å². The van der Waals surface area contributed by atoms with E-state index in [0.717, 1.165) is 5.56 Å². The van der Waals surface area contributed by atoms with Gasteiger partial charge in [0.15, 0.2) is 11.5 Å². The summed E-state index contributed by atoms with van der Waals surface area (Å²) >= 11 is 0. The first-order valence-corrected chi connectivity index (χ1v) is 8.76. The summed E-state index contributed by atoms with van der Waals surface area (Å²) in [7, 11) is 1.60. The van der Waals surface area contributed by atoms with E-state index in [1.165, 1.54) is 0 Å². The molecule has 0 spiro atoms. The summed E-state index contributed by atoms with van der Waals surface area (Å²) in [5, 5.41) is 2.80. The number of amides is 2. The lowest BCUT2D eigenvalue weighted by Gasteiger charge is -2.35. The maximum absolute atomic E-state index is 12.2. The largest absolute Gasteiger partial charge is 0.493 e. The molecular weight excluding hydrogens is 336 g/mol. The number of hydrogen-bond acceptors (Lipinski definition) is 6. The quantitative estimate of drug-likeness (QED) is 0.350. The molecule has 0 bridgehead atoms. The normalized spacial score (nSPS) is 17.7. The Balaban J connectivity index is 2.23. The number of nitrogens with one attached hydrogen (secondary N) is 2. The van der Waals surface area contributed by atoms with Crippen molar-refractivity contribution in [3.05, 3.63) is 23.8 Å². The summed E-state index contributed by atoms with van der Waals surface area (Å²) in [5.41, 5.74) is 3.00. The summed E-state index contributed by atoms with van der Waals surface area (Å²) in [5.74, 6) is 6.33. The molecule has 0 radical (unpaired) electrons. The van der Waals surface area contributed by atoms with Gasteiger partial charge in [0.05, 0.1) is 26.2 Å². The van der Waals surface area contributed by atoms with Gasteiger partial charge in [-0.25, -0.2) is 5.84 Å². The number of rotatable bonds is 8. The van der Waals surface area contributed by atoms with Crippen LogP contribution < -0.4 is 26.1 Å². The van der Waals surface area contributed by atoms with Crippen molar-refractivity contribution >= 4 is 11.8 Å². The fourth-order valence-electron chi connectivity index (χ4n) is 2.89. The van der Waals surface area contributed by atoms with Crippen LogP contribution in [0, 0.1) is 5.92 Å². The van der Waals surface area contributed by atoms with Crippen LogP contribution in [-0.4, -0.2) is 49.6 Å². The number of piperazine rings is 1. The molecule has 1 heterocycles. The zero-order valence-electron chi connectivity index (χ0n) is 15.6. The van der Waals surface area contributed by atoms with Crippen molar-refractivity contribution in [1.82, 2.24) is 15.6 Å². The number of para-hydroxylation sites is 1. The fraction of sp³-hybridized carbons (Fsp3) is 0.556. The van der Waals surface area contributed by atoms with E-state index in [-0.39, 0.29) is 18.2 Å². The van der Waals surface area contributed by atoms with E-state index in [1.807, 2.05) is 23.1 Å². The highest BCUT2D eigenvalue weighted by atomic mass is 16.5. The molecule has 1 aromatic carbocycles. The van der Waals surface area contributed by atoms with Gasteiger partial charge in [-0.3, -0.25) is 19.9 Å². The highest BCUT2D eigenvalue weighted by Gasteiger charge is 2.32. The summed E-state index contributed by atoms with van der Waals surface area (Å²) in [6, 6.07) is 5.12. The smallest absolute Gasteiger partial charge is 0.237 e. The molecular formula is C18H28N4O4. The Labute approximate surface area is 154 Å². The Bertz CT molecular complexity index is 636. The monoisotopic (exact) mass is 364 g/mol. The molecule has 144 valence electrons. The van der Waals surface area contributed by atoms with Crippen molar-refractivity contribution in [3.8, 4) is 11.5 Å². The minimum absolute atomic E-state index is 0.00842. The van der Waals surface area contributed by atoms with Crippen molar-refractivity contribution in [2.75, 3.05) is 26.8 Å². The number of carbonyl (C=O) groups excluding carboxylic acids is 2. The van der Waals surface area contributed by atoms with E-state index >= 15 is 0 Å². The lowest BCUT2D eigenvalue weighted by Crippen LogP contribution is -2.56. The molecule has 0 saturated carbocycles. The molecule has 1 atom stereocenters. The Hall–Kier alpha value is -2.32. The highest BCUT2D eigenvalue weighted by molar-refractivity contribution is 5.88. The van der Waals surface area contributed by atoms with Gasteiger partial charge in [-0.05, 0) is 12.0 Å². The standard InChI is InChI=1S/C18H28N4O4/c1-12(2)11-26-17-13(5-4-6-15(17)25-3)10-22-8-7-20-18(24)14(22)9-16(23)21-19/h4-6,12,14H,7-11,19H2,1-3H3,(H,20,24)(H,21,23). The van der Waals surface area contributed by atoms with Crippen LogP contribution in [0.5, 0.6) is 11.5 Å². The Kier molecular flexibility index (Phi) is 7.23.